The van der Waals surface area contributed by atoms with Crippen molar-refractivity contribution in [1.82, 2.24) is 10.9 Å². The first-order valence-corrected chi connectivity index (χ1v) is 4.28. The summed E-state index contributed by atoms with van der Waals surface area (Å²) in [6.45, 7) is 3.15. The lowest BCUT2D eigenvalue weighted by Gasteiger charge is -2.15. The van der Waals surface area contributed by atoms with E-state index in [2.05, 4.69) is 0 Å². The Bertz CT molecular complexity index is 254. The predicted molar refractivity (Wildman–Crippen MR) is 48.5 cm³/mol. The van der Waals surface area contributed by atoms with E-state index in [1.807, 2.05) is 10.9 Å². The number of hydrogen-bond donors (Lipinski definition) is 4. The van der Waals surface area contributed by atoms with E-state index < -0.39 is 29.8 Å². The van der Waals surface area contributed by atoms with Crippen molar-refractivity contribution in [2.24, 2.45) is 11.7 Å². The summed E-state index contributed by atoms with van der Waals surface area (Å²) in [6.07, 6.45) is -2.21. The lowest BCUT2D eigenvalue weighted by atomic mass is 10.2. The van der Waals surface area contributed by atoms with E-state index >= 15 is 0 Å². The molecule has 1 heterocycles. The molecule has 0 saturated carbocycles. The second-order valence-electron chi connectivity index (χ2n) is 3.49. The predicted octanol–water partition coefficient (Wildman–Crippen LogP) is -2.51. The first-order valence-electron chi connectivity index (χ1n) is 4.28. The van der Waals surface area contributed by atoms with Crippen LogP contribution >= 0.6 is 0 Å². The molecular formula is C7H14N4O4. The van der Waals surface area contributed by atoms with Crippen molar-refractivity contribution in [3.05, 3.63) is 0 Å². The van der Waals surface area contributed by atoms with Gasteiger partial charge < -0.3 is 9.47 Å². The zero-order chi connectivity index (χ0) is 11.6. The van der Waals surface area contributed by atoms with Gasteiger partial charge in [-0.1, -0.05) is 0 Å². The number of hydrogen-bond acceptors (Lipinski definition) is 6. The van der Waals surface area contributed by atoms with Crippen LogP contribution in [0.1, 0.15) is 13.8 Å². The smallest absolute Gasteiger partial charge is 0.266 e. The topological polar surface area (TPSA) is 129 Å². The average molecular weight is 218 g/mol. The van der Waals surface area contributed by atoms with Crippen LogP contribution in [0, 0.1) is 0 Å². The van der Waals surface area contributed by atoms with Crippen LogP contribution in [-0.2, 0) is 19.1 Å². The van der Waals surface area contributed by atoms with Gasteiger partial charge in [0.1, 0.15) is 0 Å². The molecule has 15 heavy (non-hydrogen) atoms. The van der Waals surface area contributed by atoms with Gasteiger partial charge in [-0.25, -0.2) is 11.7 Å². The number of ether oxygens (including phenoxy) is 2. The van der Waals surface area contributed by atoms with Crippen molar-refractivity contribution < 1.29 is 19.1 Å². The van der Waals surface area contributed by atoms with Crippen molar-refractivity contribution in [3.63, 3.8) is 0 Å². The molecular weight excluding hydrogens is 204 g/mol. The fraction of sp³-hybridized carbons (Fsp3) is 0.714. The molecule has 1 fully saturated rings. The largest absolute Gasteiger partial charge is 0.334 e. The van der Waals surface area contributed by atoms with Gasteiger partial charge in [-0.3, -0.25) is 20.4 Å². The van der Waals surface area contributed by atoms with E-state index in [-0.39, 0.29) is 0 Å². The highest BCUT2D eigenvalue weighted by atomic mass is 16.8. The van der Waals surface area contributed by atoms with Crippen molar-refractivity contribution in [2.75, 3.05) is 0 Å². The second kappa shape index (κ2) is 4.11. The van der Waals surface area contributed by atoms with Crippen molar-refractivity contribution in [3.8, 4) is 0 Å². The normalized spacial score (nSPS) is 28.5. The molecule has 1 aliphatic heterocycles. The Balaban J connectivity index is 2.83. The van der Waals surface area contributed by atoms with E-state index in [0.717, 1.165) is 0 Å². The Morgan fingerprint density at radius 1 is 1.07 bits per heavy atom. The van der Waals surface area contributed by atoms with Gasteiger partial charge in [0.2, 0.25) is 0 Å². The quantitative estimate of drug-likeness (QED) is 0.230. The molecule has 2 amide bonds. The second-order valence-corrected chi connectivity index (χ2v) is 3.49. The summed E-state index contributed by atoms with van der Waals surface area (Å²) in [5.74, 6) is 7.57. The Labute approximate surface area is 86.2 Å². The van der Waals surface area contributed by atoms with Crippen LogP contribution in [0.15, 0.2) is 0 Å². The highest BCUT2D eigenvalue weighted by molar-refractivity contribution is 5.91. The standard InChI is InChI=1S/C7H14N4O4/c1-7(2)14-3(5(12)10-8)4(15-7)6(13)11-9/h3-4H,8-9H2,1-2H3,(H,10,12)(H,11,13)/t3-,4-/m1/s1. The van der Waals surface area contributed by atoms with Gasteiger partial charge in [-0.2, -0.15) is 0 Å². The van der Waals surface area contributed by atoms with E-state index in [0.29, 0.717) is 0 Å². The summed E-state index contributed by atoms with van der Waals surface area (Å²) in [7, 11) is 0. The first kappa shape index (κ1) is 11.9. The first-order chi connectivity index (χ1) is 6.91. The molecule has 2 atom stereocenters. The molecule has 0 aromatic carbocycles. The van der Waals surface area contributed by atoms with Crippen molar-refractivity contribution in [2.45, 2.75) is 31.8 Å². The van der Waals surface area contributed by atoms with E-state index in [1.54, 1.807) is 13.8 Å². The Morgan fingerprint density at radius 2 is 1.40 bits per heavy atom. The monoisotopic (exact) mass is 218 g/mol. The lowest BCUT2D eigenvalue weighted by molar-refractivity contribution is -0.159. The Kier molecular flexibility index (Phi) is 3.25. The lowest BCUT2D eigenvalue weighted by Crippen LogP contribution is -2.50. The van der Waals surface area contributed by atoms with Crippen LogP contribution in [0.4, 0.5) is 0 Å². The molecule has 1 aliphatic rings. The van der Waals surface area contributed by atoms with E-state index in [1.165, 1.54) is 0 Å². The number of nitrogens with two attached hydrogens (primary N) is 2. The number of carbonyl (C=O) groups is 2. The Hall–Kier alpha value is -1.22. The average Bonchev–Trinajstić information content (AvgIpc) is 2.52. The highest BCUT2D eigenvalue weighted by Gasteiger charge is 2.48. The summed E-state index contributed by atoms with van der Waals surface area (Å²) in [5, 5.41) is 0. The van der Waals surface area contributed by atoms with Gasteiger partial charge in [-0.15, -0.1) is 0 Å². The minimum Gasteiger partial charge on any atom is -0.334 e. The molecule has 0 aliphatic carbocycles. The third-order valence-electron chi connectivity index (χ3n) is 1.90. The van der Waals surface area contributed by atoms with Crippen molar-refractivity contribution >= 4 is 11.8 Å². The van der Waals surface area contributed by atoms with Crippen LogP contribution in [-0.4, -0.2) is 29.8 Å². The van der Waals surface area contributed by atoms with Gasteiger partial charge in [0.15, 0.2) is 18.0 Å². The summed E-state index contributed by atoms with van der Waals surface area (Å²) in [4.78, 5) is 22.5. The van der Waals surface area contributed by atoms with Gasteiger partial charge in [0.25, 0.3) is 11.8 Å². The maximum atomic E-state index is 11.3. The maximum absolute atomic E-state index is 11.3. The molecule has 8 nitrogen and oxygen atoms in total. The number of amides is 2. The number of rotatable bonds is 2. The maximum Gasteiger partial charge on any atom is 0.266 e. The van der Waals surface area contributed by atoms with Gasteiger partial charge in [0, 0.05) is 0 Å². The summed E-state index contributed by atoms with van der Waals surface area (Å²) in [6, 6.07) is 0. The number of carbonyl (C=O) groups excluding carboxylic acids is 2. The third-order valence-corrected chi connectivity index (χ3v) is 1.90. The van der Waals surface area contributed by atoms with Crippen molar-refractivity contribution in [1.29, 1.82) is 0 Å². The van der Waals surface area contributed by atoms with Crippen LogP contribution in [0.5, 0.6) is 0 Å². The van der Waals surface area contributed by atoms with E-state index in [9.17, 15) is 9.59 Å². The highest BCUT2D eigenvalue weighted by Crippen LogP contribution is 2.28. The zero-order valence-electron chi connectivity index (χ0n) is 8.44. The molecule has 0 unspecified atom stereocenters. The summed E-state index contributed by atoms with van der Waals surface area (Å²) >= 11 is 0. The molecule has 0 spiro atoms. The molecule has 86 valence electrons. The Morgan fingerprint density at radius 3 is 1.67 bits per heavy atom. The molecule has 0 aromatic heterocycles. The molecule has 1 rings (SSSR count). The molecule has 0 bridgehead atoms. The minimum atomic E-state index is -1.10. The zero-order valence-corrected chi connectivity index (χ0v) is 8.44. The van der Waals surface area contributed by atoms with E-state index in [4.69, 9.17) is 21.2 Å². The molecule has 1 saturated heterocycles. The molecule has 8 heteroatoms. The summed E-state index contributed by atoms with van der Waals surface area (Å²) < 4.78 is 10.4. The number of hydrazine groups is 2. The SMILES string of the molecule is CC1(C)O[C@@H](C(=O)NN)[C@H](C(=O)NN)O1. The third kappa shape index (κ3) is 2.42. The molecule has 0 aromatic rings. The van der Waals surface area contributed by atoms with Gasteiger partial charge >= 0.3 is 0 Å². The fourth-order valence-corrected chi connectivity index (χ4v) is 1.31. The number of nitrogens with one attached hydrogen (secondary N) is 2. The van der Waals surface area contributed by atoms with Crippen LogP contribution in [0.25, 0.3) is 0 Å². The van der Waals surface area contributed by atoms with Crippen LogP contribution in [0.3, 0.4) is 0 Å². The summed E-state index contributed by atoms with van der Waals surface area (Å²) in [5.41, 5.74) is 3.78. The minimum absolute atomic E-state index is 0.644. The molecule has 0 radical (unpaired) electrons. The van der Waals surface area contributed by atoms with Gasteiger partial charge in [0.05, 0.1) is 0 Å². The fourth-order valence-electron chi connectivity index (χ4n) is 1.31. The van der Waals surface area contributed by atoms with Gasteiger partial charge in [-0.05, 0) is 13.8 Å². The van der Waals surface area contributed by atoms with Crippen LogP contribution in [0.2, 0.25) is 0 Å². The molecule has 6 N–H and O–H groups in total. The van der Waals surface area contributed by atoms with Crippen LogP contribution < -0.4 is 22.5 Å².